The largest absolute Gasteiger partial charge is 0.416 e. The van der Waals surface area contributed by atoms with Crippen molar-refractivity contribution in [1.82, 2.24) is 9.13 Å². The average molecular weight is 256 g/mol. The van der Waals surface area contributed by atoms with Crippen molar-refractivity contribution in [3.63, 3.8) is 0 Å². The fourth-order valence-corrected chi connectivity index (χ4v) is 1.67. The van der Waals surface area contributed by atoms with E-state index >= 15 is 0 Å². The smallest absolute Gasteiger partial charge is 0.302 e. The third-order valence-electron chi connectivity index (χ3n) is 2.62. The molecular formula is C12H11F3N2O. The number of hydrogen-bond acceptors (Lipinski definition) is 1. The lowest BCUT2D eigenvalue weighted by atomic mass is 10.1. The van der Waals surface area contributed by atoms with Crippen LogP contribution in [0, 0.1) is 0 Å². The summed E-state index contributed by atoms with van der Waals surface area (Å²) in [6.45, 7) is 0.129. The number of imidazole rings is 1. The monoisotopic (exact) mass is 256 g/mol. The molecule has 0 saturated heterocycles. The second-order valence-electron chi connectivity index (χ2n) is 4.02. The summed E-state index contributed by atoms with van der Waals surface area (Å²) in [7, 11) is 1.59. The molecule has 6 heteroatoms. The zero-order chi connectivity index (χ0) is 13.3. The summed E-state index contributed by atoms with van der Waals surface area (Å²) in [5, 5.41) is 0. The Bertz CT molecular complexity index is 610. The number of aryl methyl sites for hydroxylation is 1. The van der Waals surface area contributed by atoms with Crippen LogP contribution in [-0.2, 0) is 19.8 Å². The molecule has 0 bridgehead atoms. The van der Waals surface area contributed by atoms with Crippen LogP contribution in [-0.4, -0.2) is 9.13 Å². The van der Waals surface area contributed by atoms with Gasteiger partial charge >= 0.3 is 11.9 Å². The molecule has 3 nitrogen and oxygen atoms in total. The van der Waals surface area contributed by atoms with Crippen molar-refractivity contribution in [2.45, 2.75) is 12.7 Å². The second-order valence-corrected chi connectivity index (χ2v) is 4.02. The highest BCUT2D eigenvalue weighted by molar-refractivity contribution is 5.25. The van der Waals surface area contributed by atoms with E-state index in [1.807, 2.05) is 0 Å². The number of halogens is 3. The molecule has 0 atom stereocenters. The normalized spacial score (nSPS) is 11.8. The maximum atomic E-state index is 12.5. The number of aromatic nitrogens is 2. The van der Waals surface area contributed by atoms with Crippen molar-refractivity contribution >= 4 is 0 Å². The molecule has 0 N–H and O–H groups in total. The van der Waals surface area contributed by atoms with Gasteiger partial charge in [-0.1, -0.05) is 12.1 Å². The van der Waals surface area contributed by atoms with Gasteiger partial charge in [0.25, 0.3) is 0 Å². The van der Waals surface area contributed by atoms with Crippen molar-refractivity contribution < 1.29 is 13.2 Å². The number of nitrogens with zero attached hydrogens (tertiary/aromatic N) is 2. The predicted octanol–water partition coefficient (Wildman–Crippen LogP) is 2.25. The van der Waals surface area contributed by atoms with Gasteiger partial charge in [-0.2, -0.15) is 13.2 Å². The van der Waals surface area contributed by atoms with Crippen LogP contribution >= 0.6 is 0 Å². The molecule has 0 unspecified atom stereocenters. The van der Waals surface area contributed by atoms with Crippen LogP contribution in [0.15, 0.2) is 41.5 Å². The molecule has 0 aliphatic rings. The first kappa shape index (κ1) is 12.5. The molecule has 1 aromatic heterocycles. The Morgan fingerprint density at radius 1 is 1.22 bits per heavy atom. The van der Waals surface area contributed by atoms with Crippen molar-refractivity contribution in [3.8, 4) is 0 Å². The van der Waals surface area contributed by atoms with Gasteiger partial charge in [0, 0.05) is 19.4 Å². The molecule has 96 valence electrons. The van der Waals surface area contributed by atoms with Crippen LogP contribution in [0.4, 0.5) is 13.2 Å². The van der Waals surface area contributed by atoms with Crippen LogP contribution < -0.4 is 5.69 Å². The van der Waals surface area contributed by atoms with Crippen LogP contribution in [0.3, 0.4) is 0 Å². The van der Waals surface area contributed by atoms with Gasteiger partial charge in [-0.3, -0.25) is 4.57 Å². The number of rotatable bonds is 2. The molecule has 0 radical (unpaired) electrons. The van der Waals surface area contributed by atoms with Crippen molar-refractivity contribution in [2.24, 2.45) is 7.05 Å². The lowest BCUT2D eigenvalue weighted by Crippen LogP contribution is -2.22. The van der Waals surface area contributed by atoms with Crippen LogP contribution in [0.25, 0.3) is 0 Å². The van der Waals surface area contributed by atoms with E-state index in [1.54, 1.807) is 25.5 Å². The Balaban J connectivity index is 2.31. The molecule has 0 aliphatic carbocycles. The maximum Gasteiger partial charge on any atom is 0.416 e. The Morgan fingerprint density at radius 2 is 1.94 bits per heavy atom. The zero-order valence-corrected chi connectivity index (χ0v) is 9.61. The minimum absolute atomic E-state index is 0.129. The van der Waals surface area contributed by atoms with Crippen LogP contribution in [0.1, 0.15) is 11.1 Å². The van der Waals surface area contributed by atoms with Crippen molar-refractivity contribution in [3.05, 3.63) is 58.3 Å². The summed E-state index contributed by atoms with van der Waals surface area (Å²) in [5.74, 6) is 0. The first-order valence-electron chi connectivity index (χ1n) is 5.26. The minimum Gasteiger partial charge on any atom is -0.302 e. The summed E-state index contributed by atoms with van der Waals surface area (Å²) < 4.78 is 40.3. The van der Waals surface area contributed by atoms with Crippen LogP contribution in [0.2, 0.25) is 0 Å². The molecule has 0 fully saturated rings. The van der Waals surface area contributed by atoms with Gasteiger partial charge in [0.1, 0.15) is 0 Å². The lowest BCUT2D eigenvalue weighted by Gasteiger charge is -2.08. The quantitative estimate of drug-likeness (QED) is 0.809. The molecule has 2 rings (SSSR count). The van der Waals surface area contributed by atoms with E-state index in [0.717, 1.165) is 12.1 Å². The summed E-state index contributed by atoms with van der Waals surface area (Å²) in [4.78, 5) is 11.6. The molecule has 0 aliphatic heterocycles. The van der Waals surface area contributed by atoms with Crippen LogP contribution in [0.5, 0.6) is 0 Å². The molecular weight excluding hydrogens is 245 g/mol. The minimum atomic E-state index is -4.36. The Labute approximate surface area is 101 Å². The van der Waals surface area contributed by atoms with Gasteiger partial charge in [-0.05, 0) is 17.7 Å². The topological polar surface area (TPSA) is 26.9 Å². The van der Waals surface area contributed by atoms with E-state index in [9.17, 15) is 18.0 Å². The predicted molar refractivity (Wildman–Crippen MR) is 60.2 cm³/mol. The van der Waals surface area contributed by atoms with Gasteiger partial charge < -0.3 is 4.57 Å². The van der Waals surface area contributed by atoms with E-state index in [0.29, 0.717) is 5.56 Å². The fourth-order valence-electron chi connectivity index (χ4n) is 1.67. The van der Waals surface area contributed by atoms with Gasteiger partial charge in [-0.25, -0.2) is 4.79 Å². The van der Waals surface area contributed by atoms with Gasteiger partial charge in [0.15, 0.2) is 0 Å². The fraction of sp³-hybridized carbons (Fsp3) is 0.250. The molecule has 0 spiro atoms. The van der Waals surface area contributed by atoms with Gasteiger partial charge in [0.05, 0.1) is 12.1 Å². The Hall–Kier alpha value is -1.98. The molecule has 1 heterocycles. The second kappa shape index (κ2) is 4.36. The number of hydrogen-bond donors (Lipinski definition) is 0. The third kappa shape index (κ3) is 2.47. The van der Waals surface area contributed by atoms with E-state index in [2.05, 4.69) is 0 Å². The Kier molecular flexibility index (Phi) is 3.02. The summed E-state index contributed by atoms with van der Waals surface area (Å²) in [5.41, 5.74) is -0.519. The van der Waals surface area contributed by atoms with Gasteiger partial charge in [-0.15, -0.1) is 0 Å². The van der Waals surface area contributed by atoms with E-state index in [1.165, 1.54) is 15.2 Å². The zero-order valence-electron chi connectivity index (χ0n) is 9.61. The standard InChI is InChI=1S/C12H11F3N2O/c1-16-5-6-17(11(16)18)8-9-3-2-4-10(7-9)12(13,14)15/h2-7H,8H2,1H3. The lowest BCUT2D eigenvalue weighted by molar-refractivity contribution is -0.137. The molecule has 18 heavy (non-hydrogen) atoms. The number of alkyl halides is 3. The van der Waals surface area contributed by atoms with Crippen molar-refractivity contribution in [2.75, 3.05) is 0 Å². The third-order valence-corrected chi connectivity index (χ3v) is 2.62. The SMILES string of the molecule is Cn1ccn(Cc2cccc(C(F)(F)F)c2)c1=O. The number of benzene rings is 1. The Morgan fingerprint density at radius 3 is 2.50 bits per heavy atom. The van der Waals surface area contributed by atoms with E-state index < -0.39 is 11.7 Å². The highest BCUT2D eigenvalue weighted by atomic mass is 19.4. The molecule has 2 aromatic rings. The van der Waals surface area contributed by atoms with Crippen molar-refractivity contribution in [1.29, 1.82) is 0 Å². The molecule has 1 aromatic carbocycles. The average Bonchev–Trinajstić information content (AvgIpc) is 2.60. The molecule has 0 amide bonds. The summed E-state index contributed by atoms with van der Waals surface area (Å²) in [6, 6.07) is 4.97. The highest BCUT2D eigenvalue weighted by Gasteiger charge is 2.30. The first-order chi connectivity index (χ1) is 8.38. The van der Waals surface area contributed by atoms with Gasteiger partial charge in [0.2, 0.25) is 0 Å². The molecule has 0 saturated carbocycles. The van der Waals surface area contributed by atoms with E-state index in [4.69, 9.17) is 0 Å². The maximum absolute atomic E-state index is 12.5. The highest BCUT2D eigenvalue weighted by Crippen LogP contribution is 2.29. The summed E-state index contributed by atoms with van der Waals surface area (Å²) in [6.07, 6.45) is -1.25. The van der Waals surface area contributed by atoms with E-state index in [-0.39, 0.29) is 12.2 Å². The summed E-state index contributed by atoms with van der Waals surface area (Å²) >= 11 is 0. The first-order valence-corrected chi connectivity index (χ1v) is 5.26.